The molecular weight excluding hydrogens is 254 g/mol. The van der Waals surface area contributed by atoms with E-state index in [1.54, 1.807) is 0 Å². The van der Waals surface area contributed by atoms with E-state index in [-0.39, 0.29) is 5.69 Å². The molecule has 2 nitrogen and oxygen atoms in total. The molecule has 0 aliphatic rings. The van der Waals surface area contributed by atoms with E-state index in [2.05, 4.69) is 4.74 Å². The lowest BCUT2D eigenvalue weighted by Crippen LogP contribution is -2.32. The van der Waals surface area contributed by atoms with Crippen molar-refractivity contribution in [3.63, 3.8) is 0 Å². The zero-order chi connectivity index (χ0) is 11.6. The predicted octanol–water partition coefficient (Wildman–Crippen LogP) is 3.18. The van der Waals surface area contributed by atoms with Crippen molar-refractivity contribution < 1.29 is 17.9 Å². The second-order valence-corrected chi connectivity index (χ2v) is 3.74. The number of ether oxygens (including phenoxy) is 1. The van der Waals surface area contributed by atoms with Gasteiger partial charge >= 0.3 is 6.11 Å². The molecule has 0 atom stereocenters. The van der Waals surface area contributed by atoms with E-state index in [9.17, 15) is 13.2 Å². The lowest BCUT2D eigenvalue weighted by molar-refractivity contribution is -0.163. The van der Waals surface area contributed by atoms with Crippen LogP contribution in [0.4, 0.5) is 18.9 Å². The van der Waals surface area contributed by atoms with Gasteiger partial charge in [-0.05, 0) is 12.1 Å². The Labute approximate surface area is 93.7 Å². The number of nitrogens with two attached hydrogens (primary N) is 1. The van der Waals surface area contributed by atoms with Gasteiger partial charge in [0.2, 0.25) is 4.84 Å². The molecule has 84 valence electrons. The van der Waals surface area contributed by atoms with Gasteiger partial charge in [0, 0.05) is 6.07 Å². The lowest BCUT2D eigenvalue weighted by atomic mass is 10.3. The van der Waals surface area contributed by atoms with Crippen LogP contribution in [-0.4, -0.2) is 10.9 Å². The first-order chi connectivity index (χ1) is 6.83. The van der Waals surface area contributed by atoms with Crippen LogP contribution in [0, 0.1) is 5.82 Å². The van der Waals surface area contributed by atoms with E-state index < -0.39 is 22.5 Å². The molecule has 0 aliphatic carbocycles. The first-order valence-corrected chi connectivity index (χ1v) is 4.60. The Morgan fingerprint density at radius 3 is 2.40 bits per heavy atom. The third kappa shape index (κ3) is 3.07. The van der Waals surface area contributed by atoms with Gasteiger partial charge in [-0.1, -0.05) is 23.2 Å². The average molecular weight is 260 g/mol. The molecule has 1 rings (SSSR count). The van der Waals surface area contributed by atoms with Gasteiger partial charge in [0.05, 0.1) is 5.69 Å². The summed E-state index contributed by atoms with van der Waals surface area (Å²) in [7, 11) is 0. The summed E-state index contributed by atoms with van der Waals surface area (Å²) in [6, 6.07) is 2.90. The van der Waals surface area contributed by atoms with Crippen LogP contribution in [-0.2, 0) is 0 Å². The molecule has 1 aromatic carbocycles. The standard InChI is InChI=1S/C8H6Cl2F3NO/c9-7(10)8(12,13)15-4-1-2-6(14)5(11)3-4/h1-3,7H,14H2. The van der Waals surface area contributed by atoms with Crippen LogP contribution < -0.4 is 10.5 Å². The van der Waals surface area contributed by atoms with Gasteiger partial charge in [-0.2, -0.15) is 8.78 Å². The first kappa shape index (κ1) is 12.3. The van der Waals surface area contributed by atoms with Crippen molar-refractivity contribution in [3.05, 3.63) is 24.0 Å². The van der Waals surface area contributed by atoms with E-state index in [4.69, 9.17) is 28.9 Å². The predicted molar refractivity (Wildman–Crippen MR) is 51.9 cm³/mol. The average Bonchev–Trinajstić information content (AvgIpc) is 2.10. The summed E-state index contributed by atoms with van der Waals surface area (Å²) in [5.74, 6) is -1.26. The fourth-order valence-corrected chi connectivity index (χ4v) is 0.862. The van der Waals surface area contributed by atoms with Crippen molar-refractivity contribution in [2.75, 3.05) is 5.73 Å². The Hall–Kier alpha value is -0.810. The monoisotopic (exact) mass is 259 g/mol. The molecule has 0 saturated carbocycles. The number of hydrogen-bond acceptors (Lipinski definition) is 2. The molecule has 0 aromatic heterocycles. The zero-order valence-electron chi connectivity index (χ0n) is 7.18. The van der Waals surface area contributed by atoms with Crippen LogP contribution >= 0.6 is 23.2 Å². The smallest absolute Gasteiger partial charge is 0.428 e. The van der Waals surface area contributed by atoms with E-state index in [0.29, 0.717) is 0 Å². The fraction of sp³-hybridized carbons (Fsp3) is 0.250. The minimum Gasteiger partial charge on any atom is -0.430 e. The molecule has 0 aliphatic heterocycles. The highest BCUT2D eigenvalue weighted by Gasteiger charge is 2.40. The third-order valence-corrected chi connectivity index (χ3v) is 1.99. The van der Waals surface area contributed by atoms with Gasteiger partial charge in [0.25, 0.3) is 0 Å². The molecule has 2 N–H and O–H groups in total. The molecule has 0 saturated heterocycles. The van der Waals surface area contributed by atoms with E-state index in [0.717, 1.165) is 18.2 Å². The molecule has 15 heavy (non-hydrogen) atoms. The summed E-state index contributed by atoms with van der Waals surface area (Å²) in [6.07, 6.45) is -3.79. The Balaban J connectivity index is 2.86. The van der Waals surface area contributed by atoms with Crippen molar-refractivity contribution >= 4 is 28.9 Å². The second-order valence-electron chi connectivity index (χ2n) is 2.65. The van der Waals surface area contributed by atoms with Gasteiger partial charge in [-0.3, -0.25) is 0 Å². The number of anilines is 1. The highest BCUT2D eigenvalue weighted by Crippen LogP contribution is 2.31. The summed E-state index contributed by atoms with van der Waals surface area (Å²) in [5, 5.41) is 0. The molecule has 0 heterocycles. The molecule has 7 heteroatoms. The van der Waals surface area contributed by atoms with Gasteiger partial charge in [-0.25, -0.2) is 4.39 Å². The highest BCUT2D eigenvalue weighted by atomic mass is 35.5. The van der Waals surface area contributed by atoms with Gasteiger partial charge < -0.3 is 10.5 Å². The van der Waals surface area contributed by atoms with Crippen molar-refractivity contribution in [2.45, 2.75) is 10.9 Å². The molecular formula is C8H6Cl2F3NO. The van der Waals surface area contributed by atoms with Crippen molar-refractivity contribution in [1.29, 1.82) is 0 Å². The molecule has 0 bridgehead atoms. The summed E-state index contributed by atoms with van der Waals surface area (Å²) >= 11 is 9.92. The Morgan fingerprint density at radius 1 is 1.33 bits per heavy atom. The zero-order valence-corrected chi connectivity index (χ0v) is 8.70. The Bertz CT molecular complexity index is 360. The third-order valence-electron chi connectivity index (χ3n) is 1.48. The number of benzene rings is 1. The number of rotatable bonds is 3. The van der Waals surface area contributed by atoms with E-state index in [1.165, 1.54) is 0 Å². The minimum absolute atomic E-state index is 0.168. The maximum Gasteiger partial charge on any atom is 0.428 e. The van der Waals surface area contributed by atoms with Crippen molar-refractivity contribution in [2.24, 2.45) is 0 Å². The molecule has 0 amide bonds. The van der Waals surface area contributed by atoms with Crippen LogP contribution in [0.3, 0.4) is 0 Å². The molecule has 0 spiro atoms. The first-order valence-electron chi connectivity index (χ1n) is 3.73. The van der Waals surface area contributed by atoms with Crippen LogP contribution in [0.15, 0.2) is 18.2 Å². The number of nitrogen functional groups attached to an aromatic ring is 1. The SMILES string of the molecule is Nc1ccc(OC(F)(F)C(Cl)Cl)cc1F. The fourth-order valence-electron chi connectivity index (χ4n) is 0.773. The summed E-state index contributed by atoms with van der Waals surface area (Å²) < 4.78 is 42.6. The topological polar surface area (TPSA) is 35.2 Å². The Kier molecular flexibility index (Phi) is 3.57. The van der Waals surface area contributed by atoms with Gasteiger partial charge in [0.1, 0.15) is 11.6 Å². The second kappa shape index (κ2) is 4.37. The maximum atomic E-state index is 12.8. The van der Waals surface area contributed by atoms with Gasteiger partial charge in [-0.15, -0.1) is 0 Å². The molecule has 0 fully saturated rings. The summed E-state index contributed by atoms with van der Waals surface area (Å²) in [4.78, 5) is -2.04. The molecule has 0 unspecified atom stereocenters. The molecule has 0 radical (unpaired) electrons. The van der Waals surface area contributed by atoms with Crippen LogP contribution in [0.1, 0.15) is 0 Å². The number of hydrogen-bond donors (Lipinski definition) is 1. The normalized spacial score (nSPS) is 11.9. The maximum absolute atomic E-state index is 12.8. The van der Waals surface area contributed by atoms with Crippen LogP contribution in [0.2, 0.25) is 0 Å². The Morgan fingerprint density at radius 2 is 1.93 bits per heavy atom. The number of halogens is 5. The van der Waals surface area contributed by atoms with E-state index in [1.807, 2.05) is 0 Å². The molecule has 1 aromatic rings. The number of alkyl halides is 4. The lowest BCUT2D eigenvalue weighted by Gasteiger charge is -2.18. The summed E-state index contributed by atoms with van der Waals surface area (Å²) in [6.45, 7) is 0. The highest BCUT2D eigenvalue weighted by molar-refractivity contribution is 6.44. The van der Waals surface area contributed by atoms with Crippen molar-refractivity contribution in [3.8, 4) is 5.75 Å². The van der Waals surface area contributed by atoms with E-state index >= 15 is 0 Å². The van der Waals surface area contributed by atoms with Gasteiger partial charge in [0.15, 0.2) is 0 Å². The van der Waals surface area contributed by atoms with Crippen LogP contribution in [0.5, 0.6) is 5.75 Å². The minimum atomic E-state index is -3.79. The summed E-state index contributed by atoms with van der Waals surface area (Å²) in [5.41, 5.74) is 4.97. The van der Waals surface area contributed by atoms with Crippen molar-refractivity contribution in [1.82, 2.24) is 0 Å². The van der Waals surface area contributed by atoms with Crippen LogP contribution in [0.25, 0.3) is 0 Å². The largest absolute Gasteiger partial charge is 0.430 e. The quantitative estimate of drug-likeness (QED) is 0.669.